The van der Waals surface area contributed by atoms with Crippen LogP contribution in [0.3, 0.4) is 0 Å². The number of halogens is 1. The van der Waals surface area contributed by atoms with Crippen molar-refractivity contribution in [1.29, 1.82) is 5.26 Å². The first-order valence-corrected chi connectivity index (χ1v) is 4.96. The molecule has 1 aromatic rings. The quantitative estimate of drug-likeness (QED) is 0.501. The zero-order valence-corrected chi connectivity index (χ0v) is 8.85. The van der Waals surface area contributed by atoms with Gasteiger partial charge in [-0.1, -0.05) is 0 Å². The van der Waals surface area contributed by atoms with Crippen molar-refractivity contribution in [2.75, 3.05) is 0 Å². The number of carbonyl (C=O) groups is 1. The lowest BCUT2D eigenvalue weighted by atomic mass is 10.4. The normalized spacial score (nSPS) is 9.85. The summed E-state index contributed by atoms with van der Waals surface area (Å²) in [5.74, 6) is -0.410. The van der Waals surface area contributed by atoms with Crippen molar-refractivity contribution in [3.8, 4) is 6.19 Å². The molecule has 3 nitrogen and oxygen atoms in total. The molecule has 0 saturated carbocycles. The van der Waals surface area contributed by atoms with Gasteiger partial charge in [0.1, 0.15) is 0 Å². The van der Waals surface area contributed by atoms with Crippen LogP contribution in [0, 0.1) is 11.5 Å². The predicted octanol–water partition coefficient (Wildman–Crippen LogP) is 2.12. The second kappa shape index (κ2) is 4.80. The fraction of sp³-hybridized carbons (Fsp3) is 0. The van der Waals surface area contributed by atoms with Gasteiger partial charge < -0.3 is 0 Å². The van der Waals surface area contributed by atoms with Gasteiger partial charge in [-0.3, -0.25) is 10.1 Å². The Hall–Kier alpha value is -1.12. The van der Waals surface area contributed by atoms with Crippen LogP contribution in [0.1, 0.15) is 4.88 Å². The lowest BCUT2D eigenvalue weighted by molar-refractivity contribution is -0.115. The van der Waals surface area contributed by atoms with Crippen LogP contribution in [0.4, 0.5) is 0 Å². The molecule has 13 heavy (non-hydrogen) atoms. The highest BCUT2D eigenvalue weighted by Gasteiger charge is 1.94. The molecule has 5 heteroatoms. The van der Waals surface area contributed by atoms with E-state index in [9.17, 15) is 4.79 Å². The molecule has 0 atom stereocenters. The van der Waals surface area contributed by atoms with Crippen molar-refractivity contribution in [3.05, 3.63) is 26.9 Å². The Morgan fingerprint density at radius 2 is 2.46 bits per heavy atom. The summed E-state index contributed by atoms with van der Waals surface area (Å²) in [5, 5.41) is 10.1. The summed E-state index contributed by atoms with van der Waals surface area (Å²) in [6.07, 6.45) is 4.53. The van der Waals surface area contributed by atoms with Crippen LogP contribution in [0.25, 0.3) is 6.08 Å². The molecule has 0 unspecified atom stereocenters. The maximum absolute atomic E-state index is 10.8. The van der Waals surface area contributed by atoms with Crippen molar-refractivity contribution >= 4 is 39.2 Å². The van der Waals surface area contributed by atoms with Gasteiger partial charge in [-0.15, -0.1) is 11.3 Å². The van der Waals surface area contributed by atoms with E-state index in [0.29, 0.717) is 0 Å². The van der Waals surface area contributed by atoms with Crippen LogP contribution in [0.15, 0.2) is 22.0 Å². The molecule has 1 amide bonds. The zero-order chi connectivity index (χ0) is 9.68. The third kappa shape index (κ3) is 3.40. The summed E-state index contributed by atoms with van der Waals surface area (Å²) >= 11 is 4.82. The Labute approximate surface area is 87.8 Å². The van der Waals surface area contributed by atoms with E-state index in [-0.39, 0.29) is 0 Å². The van der Waals surface area contributed by atoms with Crippen molar-refractivity contribution < 1.29 is 4.79 Å². The third-order valence-electron chi connectivity index (χ3n) is 1.17. The molecule has 0 fully saturated rings. The van der Waals surface area contributed by atoms with E-state index in [2.05, 4.69) is 15.9 Å². The first kappa shape index (κ1) is 9.96. The van der Waals surface area contributed by atoms with Gasteiger partial charge in [0, 0.05) is 11.0 Å². The van der Waals surface area contributed by atoms with E-state index in [1.54, 1.807) is 12.3 Å². The number of nitriles is 1. The largest absolute Gasteiger partial charge is 0.269 e. The van der Waals surface area contributed by atoms with Crippen LogP contribution in [0.5, 0.6) is 0 Å². The van der Waals surface area contributed by atoms with E-state index in [0.717, 1.165) is 8.66 Å². The van der Waals surface area contributed by atoms with E-state index in [1.165, 1.54) is 17.4 Å². The van der Waals surface area contributed by atoms with Crippen molar-refractivity contribution in [2.24, 2.45) is 0 Å². The minimum absolute atomic E-state index is 0.410. The van der Waals surface area contributed by atoms with Gasteiger partial charge in [0.05, 0.1) is 3.79 Å². The summed E-state index contributed by atoms with van der Waals surface area (Å²) < 4.78 is 1.01. The van der Waals surface area contributed by atoms with Crippen molar-refractivity contribution in [3.63, 3.8) is 0 Å². The number of hydrogen-bond donors (Lipinski definition) is 1. The molecule has 0 aliphatic rings. The lowest BCUT2D eigenvalue weighted by Crippen LogP contribution is -2.13. The van der Waals surface area contributed by atoms with Crippen molar-refractivity contribution in [1.82, 2.24) is 5.32 Å². The van der Waals surface area contributed by atoms with E-state index >= 15 is 0 Å². The van der Waals surface area contributed by atoms with E-state index in [1.807, 2.05) is 17.4 Å². The highest BCUT2D eigenvalue weighted by atomic mass is 79.9. The third-order valence-corrected chi connectivity index (χ3v) is 2.76. The summed E-state index contributed by atoms with van der Waals surface area (Å²) in [7, 11) is 0. The highest BCUT2D eigenvalue weighted by molar-refractivity contribution is 9.11. The van der Waals surface area contributed by atoms with Gasteiger partial charge in [0.2, 0.25) is 0 Å². The number of thiophene rings is 1. The van der Waals surface area contributed by atoms with E-state index < -0.39 is 5.91 Å². The monoisotopic (exact) mass is 256 g/mol. The molecular weight excluding hydrogens is 252 g/mol. The molecular formula is C8H5BrN2OS. The Balaban J connectivity index is 2.59. The molecule has 1 aromatic heterocycles. The number of carbonyl (C=O) groups excluding carboxylic acids is 1. The zero-order valence-electron chi connectivity index (χ0n) is 6.45. The van der Waals surface area contributed by atoms with Crippen molar-refractivity contribution in [2.45, 2.75) is 0 Å². The van der Waals surface area contributed by atoms with Crippen LogP contribution in [-0.2, 0) is 4.79 Å². The molecule has 1 N–H and O–H groups in total. The number of rotatable bonds is 2. The summed E-state index contributed by atoms with van der Waals surface area (Å²) in [5.41, 5.74) is 0. The molecule has 1 heterocycles. The summed E-state index contributed by atoms with van der Waals surface area (Å²) in [4.78, 5) is 11.8. The van der Waals surface area contributed by atoms with E-state index in [4.69, 9.17) is 5.26 Å². The Morgan fingerprint density at radius 3 is 3.00 bits per heavy atom. The second-order valence-electron chi connectivity index (χ2n) is 2.08. The first-order chi connectivity index (χ1) is 6.22. The van der Waals surface area contributed by atoms with Gasteiger partial charge in [0.15, 0.2) is 6.19 Å². The van der Waals surface area contributed by atoms with Gasteiger partial charge in [-0.25, -0.2) is 0 Å². The average molecular weight is 257 g/mol. The standard InChI is InChI=1S/C8H5BrN2OS/c9-7-3-1-6(13-7)2-4-8(12)11-5-10/h1-4H,(H,11,12)/b4-2+. The molecule has 0 aromatic carbocycles. The second-order valence-corrected chi connectivity index (χ2v) is 4.57. The van der Waals surface area contributed by atoms with Gasteiger partial charge in [0.25, 0.3) is 5.91 Å². The number of nitrogens with zero attached hydrogens (tertiary/aromatic N) is 1. The lowest BCUT2D eigenvalue weighted by Gasteiger charge is -1.85. The Morgan fingerprint density at radius 1 is 1.69 bits per heavy atom. The molecule has 0 aliphatic heterocycles. The Bertz CT molecular complexity index is 378. The first-order valence-electron chi connectivity index (χ1n) is 3.35. The Kier molecular flexibility index (Phi) is 3.68. The minimum atomic E-state index is -0.410. The molecule has 0 saturated heterocycles. The van der Waals surface area contributed by atoms with Crippen LogP contribution >= 0.6 is 27.3 Å². The minimum Gasteiger partial charge on any atom is -0.269 e. The smallest absolute Gasteiger partial charge is 0.257 e. The number of amides is 1. The number of hydrogen-bond acceptors (Lipinski definition) is 3. The maximum Gasteiger partial charge on any atom is 0.257 e. The summed E-state index contributed by atoms with van der Waals surface area (Å²) in [6, 6.07) is 3.78. The molecule has 1 rings (SSSR count). The molecule has 0 spiro atoms. The SMILES string of the molecule is N#CNC(=O)/C=C/c1ccc(Br)s1. The molecule has 0 bridgehead atoms. The number of nitrogens with one attached hydrogen (secondary N) is 1. The highest BCUT2D eigenvalue weighted by Crippen LogP contribution is 2.22. The topological polar surface area (TPSA) is 52.9 Å². The van der Waals surface area contributed by atoms with Gasteiger partial charge >= 0.3 is 0 Å². The van der Waals surface area contributed by atoms with Gasteiger partial charge in [-0.05, 0) is 34.1 Å². The summed E-state index contributed by atoms with van der Waals surface area (Å²) in [6.45, 7) is 0. The molecule has 0 radical (unpaired) electrons. The van der Waals surface area contributed by atoms with Crippen LogP contribution < -0.4 is 5.32 Å². The maximum atomic E-state index is 10.8. The fourth-order valence-corrected chi connectivity index (χ4v) is 2.00. The molecule has 0 aliphatic carbocycles. The fourth-order valence-electron chi connectivity index (χ4n) is 0.672. The average Bonchev–Trinajstić information content (AvgIpc) is 2.49. The predicted molar refractivity (Wildman–Crippen MR) is 54.8 cm³/mol. The van der Waals surface area contributed by atoms with Gasteiger partial charge in [-0.2, -0.15) is 5.26 Å². The molecule has 66 valence electrons. The van der Waals surface area contributed by atoms with Crippen LogP contribution in [-0.4, -0.2) is 5.91 Å². The van der Waals surface area contributed by atoms with Crippen LogP contribution in [0.2, 0.25) is 0 Å².